The lowest BCUT2D eigenvalue weighted by Gasteiger charge is -2.21. The molecule has 152 valence electrons. The molecule has 0 aliphatic carbocycles. The van der Waals surface area contributed by atoms with Gasteiger partial charge in [-0.05, 0) is 43.9 Å². The molecule has 1 heterocycles. The summed E-state index contributed by atoms with van der Waals surface area (Å²) in [6.45, 7) is 8.38. The molecule has 1 N–H and O–H groups in total. The van der Waals surface area contributed by atoms with E-state index >= 15 is 0 Å². The van der Waals surface area contributed by atoms with Gasteiger partial charge in [0.25, 0.3) is 5.22 Å². The Morgan fingerprint density at radius 2 is 1.76 bits per heavy atom. The highest BCUT2D eigenvalue weighted by atomic mass is 32.2. The van der Waals surface area contributed by atoms with E-state index in [1.54, 1.807) is 0 Å². The second-order valence-electron chi connectivity index (χ2n) is 7.70. The number of rotatable bonds is 8. The zero-order chi connectivity index (χ0) is 20.8. The summed E-state index contributed by atoms with van der Waals surface area (Å²) >= 11 is 1.26. The first-order valence-corrected chi connectivity index (χ1v) is 10.8. The van der Waals surface area contributed by atoms with Gasteiger partial charge in [-0.1, -0.05) is 73.1 Å². The molecule has 6 heteroatoms. The van der Waals surface area contributed by atoms with Crippen molar-refractivity contribution in [2.45, 2.75) is 45.4 Å². The van der Waals surface area contributed by atoms with E-state index in [9.17, 15) is 4.79 Å². The monoisotopic (exact) mass is 409 g/mol. The lowest BCUT2D eigenvalue weighted by atomic mass is 9.97. The third-order valence-electron chi connectivity index (χ3n) is 4.45. The maximum absolute atomic E-state index is 12.5. The van der Waals surface area contributed by atoms with Crippen LogP contribution in [-0.4, -0.2) is 21.9 Å². The Kier molecular flexibility index (Phi) is 7.09. The number of amides is 1. The van der Waals surface area contributed by atoms with Gasteiger partial charge in [-0.3, -0.25) is 4.79 Å². The van der Waals surface area contributed by atoms with Gasteiger partial charge < -0.3 is 9.73 Å². The fourth-order valence-electron chi connectivity index (χ4n) is 3.28. The fourth-order valence-corrected chi connectivity index (χ4v) is 3.86. The van der Waals surface area contributed by atoms with Crippen LogP contribution in [0.15, 0.2) is 58.2 Å². The number of carbonyl (C=O) groups excluding carboxylic acids is 1. The molecule has 1 aromatic heterocycles. The first-order chi connectivity index (χ1) is 13.9. The van der Waals surface area contributed by atoms with Crippen molar-refractivity contribution in [2.24, 2.45) is 5.92 Å². The van der Waals surface area contributed by atoms with Gasteiger partial charge >= 0.3 is 0 Å². The summed E-state index contributed by atoms with van der Waals surface area (Å²) in [5.41, 5.74) is 4.30. The largest absolute Gasteiger partial charge is 0.411 e. The third-order valence-corrected chi connectivity index (χ3v) is 5.26. The highest BCUT2D eigenvalue weighted by Gasteiger charge is 2.17. The molecule has 3 aromatic rings. The lowest BCUT2D eigenvalue weighted by Crippen LogP contribution is -2.30. The van der Waals surface area contributed by atoms with Gasteiger partial charge in [0.2, 0.25) is 11.8 Å². The maximum Gasteiger partial charge on any atom is 0.277 e. The second kappa shape index (κ2) is 9.74. The van der Waals surface area contributed by atoms with Crippen LogP contribution in [0.25, 0.3) is 11.5 Å². The molecule has 0 radical (unpaired) electrons. The third kappa shape index (κ3) is 6.19. The molecule has 29 heavy (non-hydrogen) atoms. The molecule has 1 amide bonds. The van der Waals surface area contributed by atoms with E-state index in [1.165, 1.54) is 11.8 Å². The summed E-state index contributed by atoms with van der Waals surface area (Å²) in [6.07, 6.45) is 0.887. The molecule has 5 nitrogen and oxygen atoms in total. The zero-order valence-corrected chi connectivity index (χ0v) is 18.1. The van der Waals surface area contributed by atoms with Crippen LogP contribution in [0.2, 0.25) is 0 Å². The molecule has 0 spiro atoms. The molecule has 0 unspecified atom stereocenters. The summed E-state index contributed by atoms with van der Waals surface area (Å²) in [4.78, 5) is 12.5. The highest BCUT2D eigenvalue weighted by molar-refractivity contribution is 7.99. The van der Waals surface area contributed by atoms with Crippen molar-refractivity contribution < 1.29 is 9.21 Å². The van der Waals surface area contributed by atoms with E-state index < -0.39 is 0 Å². The normalized spacial score (nSPS) is 12.2. The van der Waals surface area contributed by atoms with Gasteiger partial charge in [0.1, 0.15) is 0 Å². The van der Waals surface area contributed by atoms with Gasteiger partial charge in [-0.25, -0.2) is 0 Å². The van der Waals surface area contributed by atoms with Gasteiger partial charge in [0.05, 0.1) is 11.8 Å². The molecule has 0 fully saturated rings. The Balaban J connectivity index is 1.60. The number of nitrogens with zero attached hydrogens (tertiary/aromatic N) is 2. The number of nitrogens with one attached hydrogen (secondary N) is 1. The average molecular weight is 410 g/mol. The summed E-state index contributed by atoms with van der Waals surface area (Å²) < 4.78 is 5.75. The second-order valence-corrected chi connectivity index (χ2v) is 8.63. The summed E-state index contributed by atoms with van der Waals surface area (Å²) in [5, 5.41) is 11.7. The van der Waals surface area contributed by atoms with E-state index in [4.69, 9.17) is 4.42 Å². The molecular formula is C23H27N3O2S. The molecular weight excluding hydrogens is 382 g/mol. The van der Waals surface area contributed by atoms with Gasteiger partial charge in [0, 0.05) is 5.56 Å². The van der Waals surface area contributed by atoms with Crippen molar-refractivity contribution >= 4 is 17.7 Å². The SMILES string of the molecule is Cc1cc(C)cc(-c2nnc(SCC(=O)N[C@@H](CC(C)C)c3ccccc3)o2)c1. The standard InChI is InChI=1S/C23H27N3O2S/c1-15(2)10-20(18-8-6-5-7-9-18)24-21(27)14-29-23-26-25-22(28-23)19-12-16(3)11-17(4)13-19/h5-9,11-13,15,20H,10,14H2,1-4H3,(H,24,27)/t20-/m0/s1. The van der Waals surface area contributed by atoms with Crippen molar-refractivity contribution in [3.8, 4) is 11.5 Å². The van der Waals surface area contributed by atoms with Crippen molar-refractivity contribution in [2.75, 3.05) is 5.75 Å². The predicted molar refractivity (Wildman–Crippen MR) is 117 cm³/mol. The molecule has 0 saturated heterocycles. The Hall–Kier alpha value is -2.60. The van der Waals surface area contributed by atoms with Gasteiger partial charge in [-0.2, -0.15) is 0 Å². The van der Waals surface area contributed by atoms with Crippen LogP contribution in [0, 0.1) is 19.8 Å². The van der Waals surface area contributed by atoms with Crippen LogP contribution in [0.4, 0.5) is 0 Å². The molecule has 3 rings (SSSR count). The number of hydrogen-bond acceptors (Lipinski definition) is 5. The quantitative estimate of drug-likeness (QED) is 0.508. The van der Waals surface area contributed by atoms with Gasteiger partial charge in [-0.15, -0.1) is 10.2 Å². The van der Waals surface area contributed by atoms with Crippen LogP contribution in [0.1, 0.15) is 43.0 Å². The number of thioether (sulfide) groups is 1. The van der Waals surface area contributed by atoms with Crippen LogP contribution >= 0.6 is 11.8 Å². The summed E-state index contributed by atoms with van der Waals surface area (Å²) in [7, 11) is 0. The Morgan fingerprint density at radius 1 is 1.07 bits per heavy atom. The lowest BCUT2D eigenvalue weighted by molar-refractivity contribution is -0.119. The predicted octanol–water partition coefficient (Wildman–Crippen LogP) is 5.35. The molecule has 0 aliphatic rings. The highest BCUT2D eigenvalue weighted by Crippen LogP contribution is 2.25. The fraction of sp³-hybridized carbons (Fsp3) is 0.348. The smallest absolute Gasteiger partial charge is 0.277 e. The molecule has 0 bridgehead atoms. The minimum absolute atomic E-state index is 0.00202. The molecule has 2 aromatic carbocycles. The van der Waals surface area contributed by atoms with E-state index in [2.05, 4.69) is 47.6 Å². The first-order valence-electron chi connectivity index (χ1n) is 9.80. The molecule has 1 atom stereocenters. The van der Waals surface area contributed by atoms with Crippen LogP contribution < -0.4 is 5.32 Å². The average Bonchev–Trinajstić information content (AvgIpc) is 3.15. The number of hydrogen-bond donors (Lipinski definition) is 1. The minimum atomic E-state index is -0.0457. The molecule has 0 saturated carbocycles. The topological polar surface area (TPSA) is 68.0 Å². The van der Waals surface area contributed by atoms with E-state index in [0.717, 1.165) is 28.7 Å². The van der Waals surface area contributed by atoms with E-state index in [-0.39, 0.29) is 17.7 Å². The number of carbonyl (C=O) groups is 1. The van der Waals surface area contributed by atoms with Crippen molar-refractivity contribution in [3.05, 3.63) is 65.2 Å². The maximum atomic E-state index is 12.5. The Morgan fingerprint density at radius 3 is 2.41 bits per heavy atom. The number of benzene rings is 2. The number of aromatic nitrogens is 2. The van der Waals surface area contributed by atoms with Gasteiger partial charge in [0.15, 0.2) is 0 Å². The van der Waals surface area contributed by atoms with Crippen molar-refractivity contribution in [3.63, 3.8) is 0 Å². The summed E-state index contributed by atoms with van der Waals surface area (Å²) in [6, 6.07) is 16.2. The first kappa shape index (κ1) is 21.1. The van der Waals surface area contributed by atoms with E-state index in [0.29, 0.717) is 17.0 Å². The molecule has 0 aliphatic heterocycles. The zero-order valence-electron chi connectivity index (χ0n) is 17.3. The van der Waals surface area contributed by atoms with Crippen LogP contribution in [0.5, 0.6) is 0 Å². The Bertz CT molecular complexity index is 934. The summed E-state index contributed by atoms with van der Waals surface area (Å²) in [5.74, 6) is 1.14. The number of aryl methyl sites for hydroxylation is 2. The van der Waals surface area contributed by atoms with E-state index in [1.807, 2.05) is 44.2 Å². The van der Waals surface area contributed by atoms with Crippen LogP contribution in [0.3, 0.4) is 0 Å². The minimum Gasteiger partial charge on any atom is -0.411 e. The van der Waals surface area contributed by atoms with Crippen LogP contribution in [-0.2, 0) is 4.79 Å². The Labute approximate surface area is 176 Å². The van der Waals surface area contributed by atoms with Crippen molar-refractivity contribution in [1.82, 2.24) is 15.5 Å². The van der Waals surface area contributed by atoms with Crippen molar-refractivity contribution in [1.29, 1.82) is 0 Å².